The largest absolute Gasteiger partial charge is 0.316 e. The fraction of sp³-hybridized carbons (Fsp3) is 0.417. The number of nitriles is 1. The summed E-state index contributed by atoms with van der Waals surface area (Å²) in [5.74, 6) is 0. The molecule has 0 bridgehead atoms. The zero-order valence-electron chi connectivity index (χ0n) is 8.87. The molecule has 1 aliphatic rings. The number of piperidine rings is 1. The highest BCUT2D eigenvalue weighted by atomic mass is 35.5. The molecular formula is C12H14ClFN2. The molecular weight excluding hydrogens is 227 g/mol. The Labute approximate surface area is 101 Å². The van der Waals surface area contributed by atoms with E-state index in [2.05, 4.69) is 11.4 Å². The van der Waals surface area contributed by atoms with Crippen LogP contribution < -0.4 is 5.32 Å². The zero-order chi connectivity index (χ0) is 10.7. The van der Waals surface area contributed by atoms with Crippen LogP contribution in [0.1, 0.15) is 24.0 Å². The molecule has 16 heavy (non-hydrogen) atoms. The highest BCUT2D eigenvalue weighted by Gasteiger charge is 2.35. The molecule has 0 saturated carbocycles. The Kier molecular flexibility index (Phi) is 4.28. The van der Waals surface area contributed by atoms with Crippen molar-refractivity contribution in [2.45, 2.75) is 18.5 Å². The van der Waals surface area contributed by atoms with Gasteiger partial charge in [0.2, 0.25) is 0 Å². The molecule has 2 nitrogen and oxygen atoms in total. The lowest BCUT2D eigenvalue weighted by Gasteiger charge is -2.31. The number of hydrogen-bond acceptors (Lipinski definition) is 2. The molecule has 1 saturated heterocycles. The van der Waals surface area contributed by atoms with Gasteiger partial charge in [0.25, 0.3) is 0 Å². The minimum absolute atomic E-state index is 0. The topological polar surface area (TPSA) is 35.8 Å². The fourth-order valence-electron chi connectivity index (χ4n) is 2.06. The summed E-state index contributed by atoms with van der Waals surface area (Å²) in [5, 5.41) is 12.1. The second kappa shape index (κ2) is 5.29. The van der Waals surface area contributed by atoms with Crippen molar-refractivity contribution < 1.29 is 4.39 Å². The normalized spacial score (nSPS) is 18.2. The summed E-state index contributed by atoms with van der Waals surface area (Å²) in [6.07, 6.45) is 0.900. The van der Waals surface area contributed by atoms with E-state index in [0.29, 0.717) is 37.1 Å². The highest BCUT2D eigenvalue weighted by Crippen LogP contribution is 2.36. The standard InChI is InChI=1S/C12H13FN2.ClH/c13-12(5-7-15-8-6-12)11-4-2-1-3-10(11)9-14;/h1-4,15H,5-8H2;1H. The molecule has 1 aromatic rings. The lowest BCUT2D eigenvalue weighted by atomic mass is 9.84. The molecule has 0 spiro atoms. The fourth-order valence-corrected chi connectivity index (χ4v) is 2.06. The molecule has 0 aromatic heterocycles. The molecule has 0 atom stereocenters. The maximum Gasteiger partial charge on any atom is 0.139 e. The molecule has 1 aliphatic heterocycles. The van der Waals surface area contributed by atoms with Crippen LogP contribution in [0.25, 0.3) is 0 Å². The first kappa shape index (κ1) is 13.0. The molecule has 0 radical (unpaired) electrons. The molecule has 0 unspecified atom stereocenters. The minimum Gasteiger partial charge on any atom is -0.316 e. The van der Waals surface area contributed by atoms with E-state index >= 15 is 0 Å². The van der Waals surface area contributed by atoms with Crippen LogP contribution in [0.5, 0.6) is 0 Å². The van der Waals surface area contributed by atoms with Gasteiger partial charge in [-0.15, -0.1) is 12.4 Å². The lowest BCUT2D eigenvalue weighted by Crippen LogP contribution is -2.37. The van der Waals surface area contributed by atoms with Gasteiger partial charge in [0.1, 0.15) is 5.67 Å². The van der Waals surface area contributed by atoms with Crippen molar-refractivity contribution in [3.63, 3.8) is 0 Å². The summed E-state index contributed by atoms with van der Waals surface area (Å²) < 4.78 is 14.6. The van der Waals surface area contributed by atoms with Gasteiger partial charge < -0.3 is 5.32 Å². The Morgan fingerprint density at radius 3 is 2.50 bits per heavy atom. The van der Waals surface area contributed by atoms with Crippen LogP contribution in [0.3, 0.4) is 0 Å². The van der Waals surface area contributed by atoms with Crippen molar-refractivity contribution in [3.05, 3.63) is 35.4 Å². The molecule has 1 fully saturated rings. The van der Waals surface area contributed by atoms with Crippen molar-refractivity contribution in [2.24, 2.45) is 0 Å². The van der Waals surface area contributed by atoms with Gasteiger partial charge >= 0.3 is 0 Å². The van der Waals surface area contributed by atoms with E-state index in [4.69, 9.17) is 5.26 Å². The van der Waals surface area contributed by atoms with E-state index in [0.717, 1.165) is 0 Å². The Hall–Kier alpha value is -1.11. The number of halogens is 2. The summed E-state index contributed by atoms with van der Waals surface area (Å²) in [7, 11) is 0. The van der Waals surface area contributed by atoms with Crippen molar-refractivity contribution >= 4 is 12.4 Å². The molecule has 4 heteroatoms. The molecule has 1 heterocycles. The molecule has 0 aliphatic carbocycles. The predicted octanol–water partition coefficient (Wildman–Crippen LogP) is 2.53. The molecule has 86 valence electrons. The number of benzene rings is 1. The molecule has 1 aromatic carbocycles. The predicted molar refractivity (Wildman–Crippen MR) is 63.3 cm³/mol. The van der Waals surface area contributed by atoms with Crippen LogP contribution in [0.15, 0.2) is 24.3 Å². The first-order chi connectivity index (χ1) is 7.26. The third-order valence-electron chi connectivity index (χ3n) is 2.93. The molecule has 2 rings (SSSR count). The maximum absolute atomic E-state index is 14.6. The van der Waals surface area contributed by atoms with E-state index in [-0.39, 0.29) is 12.4 Å². The van der Waals surface area contributed by atoms with E-state index in [1.54, 1.807) is 24.3 Å². The van der Waals surface area contributed by atoms with Crippen molar-refractivity contribution in [1.29, 1.82) is 5.26 Å². The van der Waals surface area contributed by atoms with Crippen LogP contribution in [-0.2, 0) is 5.67 Å². The molecule has 1 N–H and O–H groups in total. The summed E-state index contributed by atoms with van der Waals surface area (Å²) in [4.78, 5) is 0. The third kappa shape index (κ3) is 2.34. The highest BCUT2D eigenvalue weighted by molar-refractivity contribution is 5.85. The lowest BCUT2D eigenvalue weighted by molar-refractivity contribution is 0.115. The van der Waals surface area contributed by atoms with Crippen molar-refractivity contribution in [2.75, 3.05) is 13.1 Å². The van der Waals surface area contributed by atoms with Crippen molar-refractivity contribution in [1.82, 2.24) is 5.32 Å². The SMILES string of the molecule is Cl.N#Cc1ccccc1C1(F)CCNCC1. The Bertz CT molecular complexity index is 394. The number of nitrogens with zero attached hydrogens (tertiary/aromatic N) is 1. The summed E-state index contributed by atoms with van der Waals surface area (Å²) >= 11 is 0. The van der Waals surface area contributed by atoms with E-state index < -0.39 is 5.67 Å². The monoisotopic (exact) mass is 240 g/mol. The van der Waals surface area contributed by atoms with Gasteiger partial charge in [-0.25, -0.2) is 4.39 Å². The van der Waals surface area contributed by atoms with Crippen LogP contribution >= 0.6 is 12.4 Å². The van der Waals surface area contributed by atoms with Gasteiger partial charge in [0.15, 0.2) is 0 Å². The van der Waals surface area contributed by atoms with Gasteiger partial charge in [0.05, 0.1) is 11.6 Å². The Balaban J connectivity index is 0.00000128. The first-order valence-corrected chi connectivity index (χ1v) is 5.15. The van der Waals surface area contributed by atoms with E-state index in [9.17, 15) is 4.39 Å². The maximum atomic E-state index is 14.6. The summed E-state index contributed by atoms with van der Waals surface area (Å²) in [5.41, 5.74) is -0.312. The zero-order valence-corrected chi connectivity index (χ0v) is 9.69. The Morgan fingerprint density at radius 1 is 1.25 bits per heavy atom. The number of nitrogens with one attached hydrogen (secondary N) is 1. The third-order valence-corrected chi connectivity index (χ3v) is 2.93. The second-order valence-electron chi connectivity index (χ2n) is 3.87. The number of alkyl halides is 1. The second-order valence-corrected chi connectivity index (χ2v) is 3.87. The summed E-state index contributed by atoms with van der Waals surface area (Å²) in [6.45, 7) is 1.35. The number of rotatable bonds is 1. The van der Waals surface area contributed by atoms with Crippen molar-refractivity contribution in [3.8, 4) is 6.07 Å². The van der Waals surface area contributed by atoms with E-state index in [1.165, 1.54) is 0 Å². The average molecular weight is 241 g/mol. The molecule has 0 amide bonds. The van der Waals surface area contributed by atoms with Gasteiger partial charge in [-0.3, -0.25) is 0 Å². The number of hydrogen-bond donors (Lipinski definition) is 1. The van der Waals surface area contributed by atoms with Crippen LogP contribution in [0.4, 0.5) is 4.39 Å². The van der Waals surface area contributed by atoms with Crippen LogP contribution in [-0.4, -0.2) is 13.1 Å². The van der Waals surface area contributed by atoms with Gasteiger partial charge in [0, 0.05) is 5.56 Å². The first-order valence-electron chi connectivity index (χ1n) is 5.15. The van der Waals surface area contributed by atoms with Gasteiger partial charge in [-0.05, 0) is 32.0 Å². The van der Waals surface area contributed by atoms with Crippen LogP contribution in [0.2, 0.25) is 0 Å². The van der Waals surface area contributed by atoms with E-state index in [1.807, 2.05) is 0 Å². The average Bonchev–Trinajstić information content (AvgIpc) is 2.30. The summed E-state index contributed by atoms with van der Waals surface area (Å²) in [6, 6.07) is 9.02. The quantitative estimate of drug-likeness (QED) is 0.819. The Morgan fingerprint density at radius 2 is 1.88 bits per heavy atom. The smallest absolute Gasteiger partial charge is 0.139 e. The minimum atomic E-state index is -1.32. The van der Waals surface area contributed by atoms with Gasteiger partial charge in [-0.1, -0.05) is 18.2 Å². The van der Waals surface area contributed by atoms with Gasteiger partial charge in [-0.2, -0.15) is 5.26 Å². The van der Waals surface area contributed by atoms with Crippen LogP contribution in [0, 0.1) is 11.3 Å².